The third-order valence-corrected chi connectivity index (χ3v) is 4.17. The van der Waals surface area contributed by atoms with E-state index in [1.807, 2.05) is 25.5 Å². The zero-order chi connectivity index (χ0) is 14.9. The minimum Gasteiger partial charge on any atom is -0.394 e. The third kappa shape index (κ3) is 2.73. The number of carbonyl (C=O) groups excluding carboxylic acids is 1. The Morgan fingerprint density at radius 2 is 2.20 bits per heavy atom. The van der Waals surface area contributed by atoms with Gasteiger partial charge in [-0.3, -0.25) is 9.48 Å². The molecule has 1 N–H and O–H groups in total. The molecule has 5 nitrogen and oxygen atoms in total. The molecule has 0 saturated carbocycles. The summed E-state index contributed by atoms with van der Waals surface area (Å²) in [5.41, 5.74) is 1.57. The predicted octanol–water partition coefficient (Wildman–Crippen LogP) is 1.70. The molecule has 0 bridgehead atoms. The largest absolute Gasteiger partial charge is 0.394 e. The first-order chi connectivity index (χ1) is 9.36. The molecule has 1 amide bonds. The molecule has 1 aliphatic rings. The van der Waals surface area contributed by atoms with Gasteiger partial charge in [0.25, 0.3) is 5.91 Å². The summed E-state index contributed by atoms with van der Waals surface area (Å²) in [6.07, 6.45) is 4.82. The molecule has 1 aromatic rings. The summed E-state index contributed by atoms with van der Waals surface area (Å²) in [5.74, 6) is -0.0397. The van der Waals surface area contributed by atoms with E-state index in [1.165, 1.54) is 0 Å². The number of aliphatic hydroxyl groups excluding tert-OH is 1. The summed E-state index contributed by atoms with van der Waals surface area (Å²) < 4.78 is 1.94. The van der Waals surface area contributed by atoms with Gasteiger partial charge in [-0.25, -0.2) is 0 Å². The van der Waals surface area contributed by atoms with Crippen LogP contribution >= 0.6 is 0 Å². The van der Waals surface area contributed by atoms with Crippen molar-refractivity contribution in [3.8, 4) is 0 Å². The molecule has 0 saturated heterocycles. The maximum Gasteiger partial charge on any atom is 0.257 e. The van der Waals surface area contributed by atoms with Crippen LogP contribution in [-0.4, -0.2) is 45.4 Å². The van der Waals surface area contributed by atoms with Gasteiger partial charge in [-0.15, -0.1) is 0 Å². The molecule has 0 spiro atoms. The standard InChI is InChI=1S/C15H25N3O2/c1-15(2,3)13(10-19)17(4)14(20)11-9-16-18-8-6-5-7-12(11)18/h9,13,19H,5-8,10H2,1-4H3. The topological polar surface area (TPSA) is 58.4 Å². The normalized spacial score (nSPS) is 16.6. The van der Waals surface area contributed by atoms with Crippen molar-refractivity contribution in [2.75, 3.05) is 13.7 Å². The number of carbonyl (C=O) groups is 1. The van der Waals surface area contributed by atoms with E-state index in [9.17, 15) is 9.90 Å². The van der Waals surface area contributed by atoms with Gasteiger partial charge < -0.3 is 10.0 Å². The van der Waals surface area contributed by atoms with E-state index < -0.39 is 0 Å². The van der Waals surface area contributed by atoms with Crippen LogP contribution in [-0.2, 0) is 13.0 Å². The van der Waals surface area contributed by atoms with Crippen LogP contribution < -0.4 is 0 Å². The number of hydrogen-bond acceptors (Lipinski definition) is 3. The molecule has 20 heavy (non-hydrogen) atoms. The quantitative estimate of drug-likeness (QED) is 0.916. The SMILES string of the molecule is CN(C(=O)c1cnn2c1CCCC2)C(CO)C(C)(C)C. The summed E-state index contributed by atoms with van der Waals surface area (Å²) in [5, 5.41) is 13.9. The Balaban J connectivity index is 2.25. The second-order valence-electron chi connectivity index (χ2n) is 6.67. The van der Waals surface area contributed by atoms with Gasteiger partial charge in [0, 0.05) is 13.6 Å². The number of aromatic nitrogens is 2. The average Bonchev–Trinajstić information content (AvgIpc) is 2.80. The number of nitrogens with zero attached hydrogens (tertiary/aromatic N) is 3. The molecule has 1 atom stereocenters. The molecule has 0 fully saturated rings. The Morgan fingerprint density at radius 3 is 2.80 bits per heavy atom. The van der Waals surface area contributed by atoms with Gasteiger partial charge in [0.1, 0.15) is 0 Å². The lowest BCUT2D eigenvalue weighted by Crippen LogP contribution is -2.47. The second kappa shape index (κ2) is 5.56. The number of hydrogen-bond donors (Lipinski definition) is 1. The molecule has 2 rings (SSSR count). The monoisotopic (exact) mass is 279 g/mol. The van der Waals surface area contributed by atoms with Gasteiger partial charge in [0.15, 0.2) is 0 Å². The first-order valence-corrected chi connectivity index (χ1v) is 7.29. The van der Waals surface area contributed by atoms with Crippen LogP contribution in [0.25, 0.3) is 0 Å². The maximum atomic E-state index is 12.7. The van der Waals surface area contributed by atoms with Crippen molar-refractivity contribution in [3.05, 3.63) is 17.5 Å². The van der Waals surface area contributed by atoms with E-state index in [-0.39, 0.29) is 24.0 Å². The van der Waals surface area contributed by atoms with Gasteiger partial charge in [0.2, 0.25) is 0 Å². The van der Waals surface area contributed by atoms with E-state index in [1.54, 1.807) is 18.1 Å². The summed E-state index contributed by atoms with van der Waals surface area (Å²) >= 11 is 0. The van der Waals surface area contributed by atoms with E-state index in [2.05, 4.69) is 5.10 Å². The second-order valence-corrected chi connectivity index (χ2v) is 6.67. The summed E-state index contributed by atoms with van der Waals surface area (Å²) in [6, 6.07) is -0.200. The first kappa shape index (κ1) is 15.0. The van der Waals surface area contributed by atoms with Crippen LogP contribution in [0.2, 0.25) is 0 Å². The summed E-state index contributed by atoms with van der Waals surface area (Å²) in [4.78, 5) is 14.3. The Labute approximate surface area is 120 Å². The molecule has 0 aromatic carbocycles. The highest BCUT2D eigenvalue weighted by Gasteiger charge is 2.32. The Kier molecular flexibility index (Phi) is 4.18. The molecular formula is C15H25N3O2. The third-order valence-electron chi connectivity index (χ3n) is 4.17. The smallest absolute Gasteiger partial charge is 0.257 e. The van der Waals surface area contributed by atoms with Crippen molar-refractivity contribution in [1.82, 2.24) is 14.7 Å². The highest BCUT2D eigenvalue weighted by Crippen LogP contribution is 2.26. The van der Waals surface area contributed by atoms with E-state index in [0.29, 0.717) is 5.56 Å². The lowest BCUT2D eigenvalue weighted by molar-refractivity contribution is 0.0432. The molecule has 1 unspecified atom stereocenters. The fourth-order valence-electron chi connectivity index (χ4n) is 2.91. The van der Waals surface area contributed by atoms with Gasteiger partial charge in [-0.2, -0.15) is 5.10 Å². The molecular weight excluding hydrogens is 254 g/mol. The van der Waals surface area contributed by atoms with Crippen LogP contribution in [0.3, 0.4) is 0 Å². The molecule has 0 aliphatic carbocycles. The molecule has 1 aromatic heterocycles. The number of likely N-dealkylation sites (N-methyl/N-ethyl adjacent to an activating group) is 1. The lowest BCUT2D eigenvalue weighted by atomic mass is 9.86. The Hall–Kier alpha value is -1.36. The van der Waals surface area contributed by atoms with Crippen LogP contribution in [0, 0.1) is 5.41 Å². The summed E-state index contributed by atoms with van der Waals surface area (Å²) in [6.45, 7) is 6.96. The molecule has 2 heterocycles. The van der Waals surface area contributed by atoms with E-state index in [4.69, 9.17) is 0 Å². The van der Waals surface area contributed by atoms with Crippen molar-refractivity contribution < 1.29 is 9.90 Å². The number of rotatable bonds is 3. The van der Waals surface area contributed by atoms with Crippen molar-refractivity contribution in [1.29, 1.82) is 0 Å². The molecule has 1 aliphatic heterocycles. The predicted molar refractivity (Wildman–Crippen MR) is 77.6 cm³/mol. The zero-order valence-corrected chi connectivity index (χ0v) is 12.9. The van der Waals surface area contributed by atoms with Crippen molar-refractivity contribution in [2.24, 2.45) is 5.41 Å². The van der Waals surface area contributed by atoms with Crippen LogP contribution in [0.5, 0.6) is 0 Å². The summed E-state index contributed by atoms with van der Waals surface area (Å²) in [7, 11) is 1.77. The lowest BCUT2D eigenvalue weighted by Gasteiger charge is -2.36. The minimum atomic E-state index is -0.200. The first-order valence-electron chi connectivity index (χ1n) is 7.29. The highest BCUT2D eigenvalue weighted by molar-refractivity contribution is 5.95. The number of amides is 1. The molecule has 112 valence electrons. The van der Waals surface area contributed by atoms with Gasteiger partial charge in [-0.1, -0.05) is 20.8 Å². The minimum absolute atomic E-state index is 0.0325. The Bertz CT molecular complexity index is 488. The number of fused-ring (bicyclic) bond motifs is 1. The Morgan fingerprint density at radius 1 is 1.50 bits per heavy atom. The van der Waals surface area contributed by atoms with Gasteiger partial charge >= 0.3 is 0 Å². The molecule has 0 radical (unpaired) electrons. The van der Waals surface area contributed by atoms with Crippen LogP contribution in [0.15, 0.2) is 6.20 Å². The van der Waals surface area contributed by atoms with Crippen LogP contribution in [0.4, 0.5) is 0 Å². The average molecular weight is 279 g/mol. The number of aryl methyl sites for hydroxylation is 1. The number of aliphatic hydroxyl groups is 1. The van der Waals surface area contributed by atoms with Gasteiger partial charge in [0.05, 0.1) is 30.1 Å². The van der Waals surface area contributed by atoms with E-state index >= 15 is 0 Å². The maximum absolute atomic E-state index is 12.7. The van der Waals surface area contributed by atoms with E-state index in [0.717, 1.165) is 31.5 Å². The molecule has 5 heteroatoms. The van der Waals surface area contributed by atoms with Crippen molar-refractivity contribution in [2.45, 2.75) is 52.6 Å². The fourth-order valence-corrected chi connectivity index (χ4v) is 2.91. The fraction of sp³-hybridized carbons (Fsp3) is 0.733. The van der Waals surface area contributed by atoms with Crippen LogP contribution in [0.1, 0.15) is 49.7 Å². The highest BCUT2D eigenvalue weighted by atomic mass is 16.3. The van der Waals surface area contributed by atoms with Crippen molar-refractivity contribution >= 4 is 5.91 Å². The van der Waals surface area contributed by atoms with Crippen molar-refractivity contribution in [3.63, 3.8) is 0 Å². The van der Waals surface area contributed by atoms with Gasteiger partial charge in [-0.05, 0) is 24.7 Å². The zero-order valence-electron chi connectivity index (χ0n) is 12.9.